The van der Waals surface area contributed by atoms with Crippen molar-refractivity contribution in [2.24, 2.45) is 0 Å². The number of rotatable bonds is 11. The molecule has 1 aromatic carbocycles. The first-order valence-corrected chi connectivity index (χ1v) is 12.9. The summed E-state index contributed by atoms with van der Waals surface area (Å²) in [6.45, 7) is 5.00. The standard InChI is InChI=1S/C22H33Cl2N3O2S/c1-3-4-11-27-12-6-5-7-17(27)15-25-22(29)20(10-13-30-2)26-21(28)18-9-8-16(23)14-19(18)24/h8-9,14,17,20H,3-7,10-13,15H2,1-2H3,(H,25,29)(H,26,28). The Hall–Kier alpha value is -0.950. The van der Waals surface area contributed by atoms with Gasteiger partial charge in [0.2, 0.25) is 5.91 Å². The van der Waals surface area contributed by atoms with Crippen molar-refractivity contribution in [2.45, 2.75) is 57.5 Å². The van der Waals surface area contributed by atoms with Crippen LogP contribution in [0.3, 0.4) is 0 Å². The number of halogens is 2. The van der Waals surface area contributed by atoms with Gasteiger partial charge in [0, 0.05) is 17.6 Å². The predicted molar refractivity (Wildman–Crippen MR) is 128 cm³/mol. The molecule has 1 aliphatic heterocycles. The van der Waals surface area contributed by atoms with Gasteiger partial charge in [-0.05, 0) is 69.0 Å². The van der Waals surface area contributed by atoms with Crippen LogP contribution in [0, 0.1) is 0 Å². The minimum absolute atomic E-state index is 0.136. The lowest BCUT2D eigenvalue weighted by atomic mass is 10.0. The highest BCUT2D eigenvalue weighted by Gasteiger charge is 2.26. The van der Waals surface area contributed by atoms with E-state index >= 15 is 0 Å². The summed E-state index contributed by atoms with van der Waals surface area (Å²) in [6.07, 6.45) is 8.43. The third-order valence-corrected chi connectivity index (χ3v) is 6.66. The molecule has 0 saturated carbocycles. The van der Waals surface area contributed by atoms with Crippen molar-refractivity contribution in [3.8, 4) is 0 Å². The highest BCUT2D eigenvalue weighted by atomic mass is 35.5. The number of nitrogens with one attached hydrogen (secondary N) is 2. The number of hydrogen-bond donors (Lipinski definition) is 2. The van der Waals surface area contributed by atoms with Crippen molar-refractivity contribution >= 4 is 46.8 Å². The van der Waals surface area contributed by atoms with Gasteiger partial charge in [-0.2, -0.15) is 11.8 Å². The monoisotopic (exact) mass is 473 g/mol. The van der Waals surface area contributed by atoms with Crippen LogP contribution in [0.15, 0.2) is 18.2 Å². The number of benzene rings is 1. The number of nitrogens with zero attached hydrogens (tertiary/aromatic N) is 1. The average Bonchev–Trinajstić information content (AvgIpc) is 2.73. The van der Waals surface area contributed by atoms with E-state index in [4.69, 9.17) is 23.2 Å². The fraction of sp³-hybridized carbons (Fsp3) is 0.636. The molecule has 0 aliphatic carbocycles. The van der Waals surface area contributed by atoms with Crippen molar-refractivity contribution in [3.63, 3.8) is 0 Å². The summed E-state index contributed by atoms with van der Waals surface area (Å²) >= 11 is 13.7. The quantitative estimate of drug-likeness (QED) is 0.492. The lowest BCUT2D eigenvalue weighted by Crippen LogP contribution is -2.52. The first kappa shape index (κ1) is 25.3. The van der Waals surface area contributed by atoms with E-state index in [2.05, 4.69) is 22.5 Å². The van der Waals surface area contributed by atoms with Crippen LogP contribution < -0.4 is 10.6 Å². The fourth-order valence-corrected chi connectivity index (χ4v) is 4.67. The van der Waals surface area contributed by atoms with E-state index in [1.165, 1.54) is 31.7 Å². The molecule has 0 bridgehead atoms. The van der Waals surface area contributed by atoms with E-state index in [0.717, 1.165) is 25.3 Å². The normalized spacial score (nSPS) is 18.1. The Bertz CT molecular complexity index is 705. The van der Waals surface area contributed by atoms with E-state index in [0.29, 0.717) is 29.6 Å². The predicted octanol–water partition coefficient (Wildman–Crippen LogP) is 4.62. The van der Waals surface area contributed by atoms with Crippen LogP contribution in [0.1, 0.15) is 55.8 Å². The van der Waals surface area contributed by atoms with Gasteiger partial charge in [0.25, 0.3) is 5.91 Å². The van der Waals surface area contributed by atoms with E-state index in [1.807, 2.05) is 6.26 Å². The Morgan fingerprint density at radius 3 is 2.80 bits per heavy atom. The van der Waals surface area contributed by atoms with Gasteiger partial charge in [0.15, 0.2) is 0 Å². The summed E-state index contributed by atoms with van der Waals surface area (Å²) < 4.78 is 0. The summed E-state index contributed by atoms with van der Waals surface area (Å²) in [4.78, 5) is 28.1. The van der Waals surface area contributed by atoms with Gasteiger partial charge < -0.3 is 10.6 Å². The molecular formula is C22H33Cl2N3O2S. The van der Waals surface area contributed by atoms with E-state index < -0.39 is 6.04 Å². The van der Waals surface area contributed by atoms with Crippen molar-refractivity contribution in [2.75, 3.05) is 31.6 Å². The highest BCUT2D eigenvalue weighted by Crippen LogP contribution is 2.21. The van der Waals surface area contributed by atoms with Gasteiger partial charge in [0.05, 0.1) is 10.6 Å². The second-order valence-electron chi connectivity index (χ2n) is 7.72. The van der Waals surface area contributed by atoms with Crippen LogP contribution in [0.25, 0.3) is 0 Å². The Kier molecular flexibility index (Phi) is 11.4. The van der Waals surface area contributed by atoms with Crippen molar-refractivity contribution in [1.29, 1.82) is 0 Å². The molecule has 30 heavy (non-hydrogen) atoms. The van der Waals surface area contributed by atoms with Crippen LogP contribution in [0.5, 0.6) is 0 Å². The number of amides is 2. The molecule has 2 amide bonds. The Labute approximate surface area is 194 Å². The zero-order chi connectivity index (χ0) is 21.9. The third-order valence-electron chi connectivity index (χ3n) is 5.47. The summed E-state index contributed by atoms with van der Waals surface area (Å²) in [5, 5.41) is 6.69. The number of piperidine rings is 1. The summed E-state index contributed by atoms with van der Waals surface area (Å²) in [7, 11) is 0. The van der Waals surface area contributed by atoms with Crippen LogP contribution in [0.4, 0.5) is 0 Å². The molecule has 2 N–H and O–H groups in total. The largest absolute Gasteiger partial charge is 0.353 e. The lowest BCUT2D eigenvalue weighted by Gasteiger charge is -2.36. The molecule has 1 heterocycles. The topological polar surface area (TPSA) is 61.4 Å². The summed E-state index contributed by atoms with van der Waals surface area (Å²) in [5.41, 5.74) is 0.320. The second-order valence-corrected chi connectivity index (χ2v) is 9.55. The van der Waals surface area contributed by atoms with E-state index in [-0.39, 0.29) is 16.8 Å². The number of carbonyl (C=O) groups is 2. The number of thioether (sulfide) groups is 1. The SMILES string of the molecule is CCCCN1CCCCC1CNC(=O)C(CCSC)NC(=O)c1ccc(Cl)cc1Cl. The first-order chi connectivity index (χ1) is 14.5. The minimum atomic E-state index is -0.593. The van der Waals surface area contributed by atoms with Gasteiger partial charge in [0.1, 0.15) is 6.04 Å². The van der Waals surface area contributed by atoms with Crippen LogP contribution in [-0.2, 0) is 4.79 Å². The van der Waals surface area contributed by atoms with Crippen molar-refractivity contribution < 1.29 is 9.59 Å². The molecule has 2 rings (SSSR count). The molecule has 0 spiro atoms. The van der Waals surface area contributed by atoms with Crippen LogP contribution in [-0.4, -0.2) is 60.4 Å². The molecular weight excluding hydrogens is 441 g/mol. The van der Waals surface area contributed by atoms with Gasteiger partial charge in [-0.1, -0.05) is 43.0 Å². The van der Waals surface area contributed by atoms with Crippen molar-refractivity contribution in [3.05, 3.63) is 33.8 Å². The molecule has 0 radical (unpaired) electrons. The molecule has 0 aromatic heterocycles. The molecule has 2 unspecified atom stereocenters. The van der Waals surface area contributed by atoms with Crippen LogP contribution in [0.2, 0.25) is 10.0 Å². The zero-order valence-electron chi connectivity index (χ0n) is 17.9. The number of carbonyl (C=O) groups excluding carboxylic acids is 2. The number of unbranched alkanes of at least 4 members (excludes halogenated alkanes) is 1. The van der Waals surface area contributed by atoms with Gasteiger partial charge in [-0.15, -0.1) is 0 Å². The molecule has 1 fully saturated rings. The molecule has 1 saturated heterocycles. The number of likely N-dealkylation sites (tertiary alicyclic amines) is 1. The Morgan fingerprint density at radius 2 is 2.10 bits per heavy atom. The fourth-order valence-electron chi connectivity index (χ4n) is 3.70. The number of hydrogen-bond acceptors (Lipinski definition) is 4. The van der Waals surface area contributed by atoms with Crippen LogP contribution >= 0.6 is 35.0 Å². The Morgan fingerprint density at radius 1 is 1.30 bits per heavy atom. The maximum absolute atomic E-state index is 12.9. The smallest absolute Gasteiger partial charge is 0.253 e. The molecule has 1 aliphatic rings. The third kappa shape index (κ3) is 7.95. The first-order valence-electron chi connectivity index (χ1n) is 10.7. The van der Waals surface area contributed by atoms with Gasteiger partial charge in [-0.3, -0.25) is 14.5 Å². The molecule has 5 nitrogen and oxygen atoms in total. The Balaban J connectivity index is 1.97. The van der Waals surface area contributed by atoms with Gasteiger partial charge in [-0.25, -0.2) is 0 Å². The van der Waals surface area contributed by atoms with E-state index in [9.17, 15) is 9.59 Å². The molecule has 168 valence electrons. The molecule has 8 heteroatoms. The van der Waals surface area contributed by atoms with E-state index in [1.54, 1.807) is 23.9 Å². The highest BCUT2D eigenvalue weighted by molar-refractivity contribution is 7.98. The molecule has 2 atom stereocenters. The maximum atomic E-state index is 12.9. The lowest BCUT2D eigenvalue weighted by molar-refractivity contribution is -0.123. The molecule has 1 aromatic rings. The minimum Gasteiger partial charge on any atom is -0.353 e. The summed E-state index contributed by atoms with van der Waals surface area (Å²) in [5.74, 6) is 0.280. The van der Waals surface area contributed by atoms with Crippen molar-refractivity contribution in [1.82, 2.24) is 15.5 Å². The van der Waals surface area contributed by atoms with Gasteiger partial charge >= 0.3 is 0 Å². The summed E-state index contributed by atoms with van der Waals surface area (Å²) in [6, 6.07) is 4.51. The average molecular weight is 474 g/mol. The zero-order valence-corrected chi connectivity index (χ0v) is 20.2. The maximum Gasteiger partial charge on any atom is 0.253 e. The second kappa shape index (κ2) is 13.5.